The third-order valence-electron chi connectivity index (χ3n) is 12.4. The highest BCUT2D eigenvalue weighted by Gasteiger charge is 2.57. The van der Waals surface area contributed by atoms with E-state index in [0.717, 1.165) is 5.56 Å². The molecule has 3 heterocycles. The molecular weight excluding hydrogens is 722 g/mol. The summed E-state index contributed by atoms with van der Waals surface area (Å²) >= 11 is 0. The molecule has 0 bridgehead atoms. The van der Waals surface area contributed by atoms with Crippen LogP contribution < -0.4 is 0 Å². The van der Waals surface area contributed by atoms with E-state index in [-0.39, 0.29) is 44.0 Å². The zero-order valence-electron chi connectivity index (χ0n) is 35.0. The molecule has 1 aromatic rings. The predicted octanol–water partition coefficient (Wildman–Crippen LogP) is 6.32. The van der Waals surface area contributed by atoms with Gasteiger partial charge in [0.2, 0.25) is 0 Å². The summed E-state index contributed by atoms with van der Waals surface area (Å²) in [6, 6.07) is 8.77. The summed E-state index contributed by atoms with van der Waals surface area (Å²) in [5, 5.41) is 3.77. The van der Waals surface area contributed by atoms with E-state index in [1.165, 1.54) is 6.92 Å². The molecular formula is C41H63N5O10. The maximum Gasteiger partial charge on any atom is 0.410 e. The lowest BCUT2D eigenvalue weighted by Gasteiger charge is -2.48. The highest BCUT2D eigenvalue weighted by Crippen LogP contribution is 2.44. The number of cyclic esters (lactones) is 1. The van der Waals surface area contributed by atoms with Crippen molar-refractivity contribution in [2.75, 3.05) is 34.3 Å². The van der Waals surface area contributed by atoms with Crippen LogP contribution in [0.1, 0.15) is 86.6 Å². The van der Waals surface area contributed by atoms with Crippen LogP contribution in [0.25, 0.3) is 10.4 Å². The van der Waals surface area contributed by atoms with Gasteiger partial charge in [0.15, 0.2) is 17.7 Å². The van der Waals surface area contributed by atoms with E-state index in [0.29, 0.717) is 19.3 Å². The van der Waals surface area contributed by atoms with Crippen LogP contribution in [-0.2, 0) is 49.4 Å². The van der Waals surface area contributed by atoms with Crippen LogP contribution >= 0.6 is 0 Å². The molecule has 4 rings (SSSR count). The number of methoxy groups -OCH3 is 1. The number of fused-ring (bicyclic) bond motifs is 1. The highest BCUT2D eigenvalue weighted by molar-refractivity contribution is 6.00. The minimum absolute atomic E-state index is 0.000345. The van der Waals surface area contributed by atoms with Gasteiger partial charge >= 0.3 is 18.0 Å². The fraction of sp³-hybridized carbons (Fsp3) is 0.756. The van der Waals surface area contributed by atoms with Crippen molar-refractivity contribution in [1.29, 1.82) is 0 Å². The van der Waals surface area contributed by atoms with E-state index >= 15 is 0 Å². The molecule has 0 saturated carbocycles. The lowest BCUT2D eigenvalue weighted by molar-refractivity contribution is -0.282. The third kappa shape index (κ3) is 10.0. The van der Waals surface area contributed by atoms with Gasteiger partial charge < -0.3 is 38.2 Å². The lowest BCUT2D eigenvalue weighted by atomic mass is 9.77. The van der Waals surface area contributed by atoms with Gasteiger partial charge in [-0.2, -0.15) is 0 Å². The summed E-state index contributed by atoms with van der Waals surface area (Å²) in [4.78, 5) is 62.2. The first-order valence-electron chi connectivity index (χ1n) is 19.9. The number of Topliss-reactive ketones (excluding diaryl/α,β-unsaturated/α-hetero) is 1. The van der Waals surface area contributed by atoms with Gasteiger partial charge in [-0.1, -0.05) is 63.1 Å². The van der Waals surface area contributed by atoms with Gasteiger partial charge in [0.05, 0.1) is 30.8 Å². The number of carbonyl (C=O) groups excluding carboxylic acids is 4. The van der Waals surface area contributed by atoms with Crippen molar-refractivity contribution in [2.24, 2.45) is 34.7 Å². The van der Waals surface area contributed by atoms with Gasteiger partial charge in [-0.05, 0) is 78.1 Å². The monoisotopic (exact) mass is 785 g/mol. The second-order valence-corrected chi connectivity index (χ2v) is 16.7. The quantitative estimate of drug-likeness (QED) is 0.0683. The Balaban J connectivity index is 1.79. The fourth-order valence-electron chi connectivity index (χ4n) is 9.09. The molecule has 15 heteroatoms. The minimum Gasteiger partial charge on any atom is -0.458 e. The molecule has 0 N–H and O–H groups in total. The Bertz CT molecular complexity index is 1570. The van der Waals surface area contributed by atoms with E-state index in [9.17, 15) is 19.2 Å². The molecule has 3 saturated heterocycles. The van der Waals surface area contributed by atoms with E-state index in [2.05, 4.69) is 14.9 Å². The standard InChI is InChI=1S/C41H63N5O10/c1-12-33-41(8)31(19-34(47)56-41)28(6)46(39(50)52-23-29-16-14-13-15-17-29)22-24(2)20-40(7,51-11)36(26(4)35(48)27(5)37(49)54-33)55-38-25(3)32(45(9)10)18-30(53-38)21-43-44-42/h13-17,24-28,30-33,36,38H,12,18-23H2,1-11H3/t24-,25-,26+,27?,28-,30+,31-,32?,33-,36-,38+,40-,41+/m1/s1. The van der Waals surface area contributed by atoms with Crippen LogP contribution in [0.3, 0.4) is 0 Å². The fourth-order valence-corrected chi connectivity index (χ4v) is 9.09. The second-order valence-electron chi connectivity index (χ2n) is 16.7. The Morgan fingerprint density at radius 2 is 1.77 bits per heavy atom. The molecule has 3 aliphatic heterocycles. The molecule has 2 unspecified atom stereocenters. The van der Waals surface area contributed by atoms with Crippen LogP contribution in [0.5, 0.6) is 0 Å². The van der Waals surface area contributed by atoms with Crippen LogP contribution in [-0.4, -0.2) is 116 Å². The number of amides is 1. The van der Waals surface area contributed by atoms with Crippen molar-refractivity contribution in [3.8, 4) is 0 Å². The number of rotatable bonds is 9. The first-order valence-corrected chi connectivity index (χ1v) is 19.9. The molecule has 56 heavy (non-hydrogen) atoms. The number of ketones is 1. The Morgan fingerprint density at radius 1 is 1.09 bits per heavy atom. The smallest absolute Gasteiger partial charge is 0.410 e. The van der Waals surface area contributed by atoms with Crippen molar-refractivity contribution in [1.82, 2.24) is 9.80 Å². The van der Waals surface area contributed by atoms with Gasteiger partial charge in [-0.15, -0.1) is 0 Å². The predicted molar refractivity (Wildman–Crippen MR) is 207 cm³/mol. The van der Waals surface area contributed by atoms with Gasteiger partial charge in [0, 0.05) is 48.4 Å². The molecule has 1 amide bonds. The highest BCUT2D eigenvalue weighted by atomic mass is 16.7. The van der Waals surface area contributed by atoms with Crippen molar-refractivity contribution >= 4 is 23.8 Å². The summed E-state index contributed by atoms with van der Waals surface area (Å²) < 4.78 is 37.6. The molecule has 3 fully saturated rings. The van der Waals surface area contributed by atoms with Crippen LogP contribution in [0.15, 0.2) is 35.4 Å². The Kier molecular flexibility index (Phi) is 15.4. The number of hydrogen-bond donors (Lipinski definition) is 0. The largest absolute Gasteiger partial charge is 0.458 e. The number of benzene rings is 1. The van der Waals surface area contributed by atoms with Gasteiger partial charge in [0.25, 0.3) is 0 Å². The first-order chi connectivity index (χ1) is 26.4. The maximum atomic E-state index is 14.4. The first kappa shape index (κ1) is 45.0. The van der Waals surface area contributed by atoms with Crippen molar-refractivity contribution in [3.63, 3.8) is 0 Å². The SMILES string of the molecule is CC[C@H]1OC(=O)C(C)C(=O)[C@H](C)[C@@H](O[C@@H]2O[C@H](CN=[N+]=[N-])CC(N(C)C)[C@H]2C)[C@](C)(OC)C[C@@H](C)CN(C(=O)OCc2ccccc2)[C@H](C)[C@H]2CC(=O)O[C@@]21C. The molecule has 0 radical (unpaired) electrons. The summed E-state index contributed by atoms with van der Waals surface area (Å²) in [5.41, 5.74) is 7.43. The summed E-state index contributed by atoms with van der Waals surface area (Å²) in [7, 11) is 5.49. The second kappa shape index (κ2) is 19.1. The Morgan fingerprint density at radius 3 is 2.38 bits per heavy atom. The molecule has 3 aliphatic rings. The summed E-state index contributed by atoms with van der Waals surface area (Å²) in [5.74, 6) is -4.74. The van der Waals surface area contributed by atoms with Crippen LogP contribution in [0.4, 0.5) is 4.79 Å². The van der Waals surface area contributed by atoms with Crippen molar-refractivity contribution in [2.45, 2.75) is 136 Å². The Labute approximate surface area is 331 Å². The van der Waals surface area contributed by atoms with Crippen molar-refractivity contribution in [3.05, 3.63) is 46.3 Å². The normalized spacial score (nSPS) is 37.4. The molecule has 312 valence electrons. The summed E-state index contributed by atoms with van der Waals surface area (Å²) in [6.07, 6.45) is -2.48. The third-order valence-corrected chi connectivity index (χ3v) is 12.4. The zero-order chi connectivity index (χ0) is 41.5. The van der Waals surface area contributed by atoms with E-state index in [4.69, 9.17) is 34.0 Å². The molecule has 0 aromatic heterocycles. The van der Waals surface area contributed by atoms with E-state index in [1.807, 2.05) is 79.0 Å². The van der Waals surface area contributed by atoms with E-state index in [1.54, 1.807) is 25.9 Å². The number of carbonyl (C=O) groups is 4. The zero-order valence-corrected chi connectivity index (χ0v) is 35.0. The maximum absolute atomic E-state index is 14.4. The average molecular weight is 786 g/mol. The van der Waals surface area contributed by atoms with E-state index < -0.39 is 83.4 Å². The molecule has 1 aromatic carbocycles. The molecule has 13 atom stereocenters. The Hall–Kier alpha value is -3.75. The van der Waals surface area contributed by atoms with Gasteiger partial charge in [-0.3, -0.25) is 14.4 Å². The number of nitrogens with zero attached hydrogens (tertiary/aromatic N) is 5. The van der Waals surface area contributed by atoms with Crippen molar-refractivity contribution < 1.29 is 47.6 Å². The minimum atomic E-state index is -1.30. The summed E-state index contributed by atoms with van der Waals surface area (Å²) in [6.45, 7) is 14.9. The average Bonchev–Trinajstić information content (AvgIpc) is 3.49. The van der Waals surface area contributed by atoms with Gasteiger partial charge in [0.1, 0.15) is 18.6 Å². The molecule has 0 spiro atoms. The van der Waals surface area contributed by atoms with Gasteiger partial charge in [-0.25, -0.2) is 4.79 Å². The number of esters is 2. The molecule has 0 aliphatic carbocycles. The lowest BCUT2D eigenvalue weighted by Crippen LogP contribution is -2.57. The van der Waals surface area contributed by atoms with Crippen LogP contribution in [0.2, 0.25) is 0 Å². The number of hydrogen-bond acceptors (Lipinski definition) is 12. The number of azide groups is 1. The van der Waals surface area contributed by atoms with Crippen LogP contribution in [0, 0.1) is 29.6 Å². The number of ether oxygens (including phenoxy) is 6. The molecule has 15 nitrogen and oxygen atoms in total. The topological polar surface area (TPSA) is 179 Å².